The van der Waals surface area contributed by atoms with Crippen LogP contribution in [0.1, 0.15) is 15.2 Å². The number of benzene rings is 1. The summed E-state index contributed by atoms with van der Waals surface area (Å²) in [6.07, 6.45) is 0. The maximum absolute atomic E-state index is 12.6. The summed E-state index contributed by atoms with van der Waals surface area (Å²) in [6.45, 7) is 2.23. The number of halogens is 1. The lowest BCUT2D eigenvalue weighted by molar-refractivity contribution is 0.0991. The van der Waals surface area contributed by atoms with Crippen molar-refractivity contribution >= 4 is 34.5 Å². The van der Waals surface area contributed by atoms with Crippen LogP contribution in [0, 0.1) is 0 Å². The second-order valence-electron chi connectivity index (χ2n) is 4.36. The van der Waals surface area contributed by atoms with Crippen LogP contribution in [-0.4, -0.2) is 19.0 Å². The SMILES string of the molecule is O=C(c1sccc1Cl)N1CCNCc2ccccc21. The Labute approximate surface area is 120 Å². The Morgan fingerprint density at radius 3 is 2.95 bits per heavy atom. The van der Waals surface area contributed by atoms with Gasteiger partial charge in [0.15, 0.2) is 0 Å². The second-order valence-corrected chi connectivity index (χ2v) is 5.68. The first-order chi connectivity index (χ1) is 9.27. The summed E-state index contributed by atoms with van der Waals surface area (Å²) in [5, 5.41) is 5.70. The number of anilines is 1. The van der Waals surface area contributed by atoms with Crippen molar-refractivity contribution in [2.75, 3.05) is 18.0 Å². The summed E-state index contributed by atoms with van der Waals surface area (Å²) in [5.74, 6) is -0.0175. The molecule has 0 saturated heterocycles. The Morgan fingerprint density at radius 1 is 1.32 bits per heavy atom. The molecule has 1 N–H and O–H groups in total. The van der Waals surface area contributed by atoms with Crippen LogP contribution in [0.4, 0.5) is 5.69 Å². The fourth-order valence-electron chi connectivity index (χ4n) is 2.24. The second kappa shape index (κ2) is 5.33. The Hall–Kier alpha value is -1.36. The van der Waals surface area contributed by atoms with Gasteiger partial charge in [-0.1, -0.05) is 29.8 Å². The Bertz CT molecular complexity index is 611. The van der Waals surface area contributed by atoms with Gasteiger partial charge in [0.05, 0.1) is 5.02 Å². The standard InChI is InChI=1S/C14H13ClN2OS/c15-11-5-8-19-13(11)14(18)17-7-6-16-9-10-3-1-2-4-12(10)17/h1-5,8,16H,6-7,9H2. The predicted octanol–water partition coefficient (Wildman–Crippen LogP) is 3.15. The van der Waals surface area contributed by atoms with Gasteiger partial charge in [0.1, 0.15) is 4.88 Å². The molecular weight excluding hydrogens is 280 g/mol. The van der Waals surface area contributed by atoms with Crippen LogP contribution in [0.25, 0.3) is 0 Å². The molecule has 1 amide bonds. The molecule has 1 aromatic heterocycles. The van der Waals surface area contributed by atoms with E-state index in [1.165, 1.54) is 11.3 Å². The summed E-state index contributed by atoms with van der Waals surface area (Å²) < 4.78 is 0. The van der Waals surface area contributed by atoms with Crippen LogP contribution >= 0.6 is 22.9 Å². The zero-order chi connectivity index (χ0) is 13.2. The number of hydrogen-bond donors (Lipinski definition) is 1. The number of amides is 1. The Morgan fingerprint density at radius 2 is 2.16 bits per heavy atom. The monoisotopic (exact) mass is 292 g/mol. The number of carbonyl (C=O) groups excluding carboxylic acids is 1. The molecule has 1 aliphatic heterocycles. The van der Waals surface area contributed by atoms with Gasteiger partial charge in [-0.25, -0.2) is 0 Å². The van der Waals surface area contributed by atoms with E-state index >= 15 is 0 Å². The third kappa shape index (κ3) is 2.39. The number of para-hydroxylation sites is 1. The molecule has 5 heteroatoms. The van der Waals surface area contributed by atoms with Crippen molar-refractivity contribution in [2.24, 2.45) is 0 Å². The molecule has 1 aromatic carbocycles. The number of nitrogens with one attached hydrogen (secondary N) is 1. The van der Waals surface area contributed by atoms with Crippen LogP contribution < -0.4 is 10.2 Å². The number of fused-ring (bicyclic) bond motifs is 1. The van der Waals surface area contributed by atoms with Gasteiger partial charge in [-0.05, 0) is 23.1 Å². The first-order valence-electron chi connectivity index (χ1n) is 6.11. The minimum absolute atomic E-state index is 0.0175. The lowest BCUT2D eigenvalue weighted by Crippen LogP contribution is -2.34. The van der Waals surface area contributed by atoms with E-state index in [-0.39, 0.29) is 5.91 Å². The minimum Gasteiger partial charge on any atom is -0.311 e. The van der Waals surface area contributed by atoms with Crippen molar-refractivity contribution in [1.29, 1.82) is 0 Å². The molecule has 0 fully saturated rings. The first kappa shape index (κ1) is 12.7. The summed E-state index contributed by atoms with van der Waals surface area (Å²) in [4.78, 5) is 15.0. The summed E-state index contributed by atoms with van der Waals surface area (Å²) in [6, 6.07) is 9.75. The molecule has 1 aliphatic rings. The first-order valence-corrected chi connectivity index (χ1v) is 7.36. The fourth-order valence-corrected chi connectivity index (χ4v) is 3.32. The number of carbonyl (C=O) groups is 1. The van der Waals surface area contributed by atoms with Crippen LogP contribution in [-0.2, 0) is 6.54 Å². The molecule has 0 atom stereocenters. The van der Waals surface area contributed by atoms with E-state index < -0.39 is 0 Å². The average molecular weight is 293 g/mol. The van der Waals surface area contributed by atoms with Crippen molar-refractivity contribution in [1.82, 2.24) is 5.32 Å². The molecule has 0 saturated carbocycles. The van der Waals surface area contributed by atoms with Gasteiger partial charge >= 0.3 is 0 Å². The third-order valence-electron chi connectivity index (χ3n) is 3.17. The van der Waals surface area contributed by atoms with Crippen LogP contribution in [0.15, 0.2) is 35.7 Å². The van der Waals surface area contributed by atoms with Crippen LogP contribution in [0.2, 0.25) is 5.02 Å². The van der Waals surface area contributed by atoms with Gasteiger partial charge in [0.2, 0.25) is 0 Å². The molecule has 0 aliphatic carbocycles. The quantitative estimate of drug-likeness (QED) is 0.876. The van der Waals surface area contributed by atoms with E-state index in [0.29, 0.717) is 16.4 Å². The highest BCUT2D eigenvalue weighted by Crippen LogP contribution is 2.28. The van der Waals surface area contributed by atoms with Gasteiger partial charge in [-0.3, -0.25) is 4.79 Å². The molecule has 2 aromatic rings. The summed E-state index contributed by atoms with van der Waals surface area (Å²) in [7, 11) is 0. The van der Waals surface area contributed by atoms with E-state index in [0.717, 1.165) is 24.3 Å². The van der Waals surface area contributed by atoms with Crippen molar-refractivity contribution in [2.45, 2.75) is 6.54 Å². The zero-order valence-electron chi connectivity index (χ0n) is 10.2. The molecule has 0 spiro atoms. The molecule has 98 valence electrons. The van der Waals surface area contributed by atoms with Crippen molar-refractivity contribution in [3.63, 3.8) is 0 Å². The average Bonchev–Trinajstić information content (AvgIpc) is 2.74. The highest BCUT2D eigenvalue weighted by molar-refractivity contribution is 7.12. The van der Waals surface area contributed by atoms with Gasteiger partial charge in [0, 0.05) is 25.3 Å². The molecular formula is C14H13ClN2OS. The smallest absolute Gasteiger partial charge is 0.269 e. The maximum atomic E-state index is 12.6. The van der Waals surface area contributed by atoms with Gasteiger partial charge in [-0.15, -0.1) is 11.3 Å². The van der Waals surface area contributed by atoms with E-state index in [1.54, 1.807) is 6.07 Å². The summed E-state index contributed by atoms with van der Waals surface area (Å²) in [5.41, 5.74) is 2.11. The minimum atomic E-state index is -0.0175. The van der Waals surface area contributed by atoms with Gasteiger partial charge in [-0.2, -0.15) is 0 Å². The van der Waals surface area contributed by atoms with E-state index in [9.17, 15) is 4.79 Å². The highest BCUT2D eigenvalue weighted by Gasteiger charge is 2.24. The van der Waals surface area contributed by atoms with Crippen molar-refractivity contribution < 1.29 is 4.79 Å². The zero-order valence-corrected chi connectivity index (χ0v) is 11.8. The van der Waals surface area contributed by atoms with Gasteiger partial charge < -0.3 is 10.2 Å². The summed E-state index contributed by atoms with van der Waals surface area (Å²) >= 11 is 7.46. The van der Waals surface area contributed by atoms with E-state index in [2.05, 4.69) is 5.32 Å². The number of thiophene rings is 1. The lowest BCUT2D eigenvalue weighted by atomic mass is 10.1. The van der Waals surface area contributed by atoms with E-state index in [1.807, 2.05) is 34.5 Å². The molecule has 0 radical (unpaired) electrons. The molecule has 0 unspecified atom stereocenters. The Balaban J connectivity index is 2.01. The fraction of sp³-hybridized carbons (Fsp3) is 0.214. The normalized spacial score (nSPS) is 14.9. The number of nitrogens with zero attached hydrogens (tertiary/aromatic N) is 1. The lowest BCUT2D eigenvalue weighted by Gasteiger charge is -2.22. The third-order valence-corrected chi connectivity index (χ3v) is 4.50. The van der Waals surface area contributed by atoms with Crippen LogP contribution in [0.3, 0.4) is 0 Å². The largest absolute Gasteiger partial charge is 0.311 e. The molecule has 19 heavy (non-hydrogen) atoms. The molecule has 3 nitrogen and oxygen atoms in total. The molecule has 2 heterocycles. The number of rotatable bonds is 1. The molecule has 0 bridgehead atoms. The van der Waals surface area contributed by atoms with Crippen molar-refractivity contribution in [3.05, 3.63) is 51.2 Å². The van der Waals surface area contributed by atoms with Crippen LogP contribution in [0.5, 0.6) is 0 Å². The number of hydrogen-bond acceptors (Lipinski definition) is 3. The van der Waals surface area contributed by atoms with Crippen molar-refractivity contribution in [3.8, 4) is 0 Å². The predicted molar refractivity (Wildman–Crippen MR) is 79.2 cm³/mol. The topological polar surface area (TPSA) is 32.3 Å². The Kier molecular flexibility index (Phi) is 3.55. The van der Waals surface area contributed by atoms with Gasteiger partial charge in [0.25, 0.3) is 5.91 Å². The maximum Gasteiger partial charge on any atom is 0.269 e. The molecule has 3 rings (SSSR count). The highest BCUT2D eigenvalue weighted by atomic mass is 35.5. The van der Waals surface area contributed by atoms with E-state index in [4.69, 9.17) is 11.6 Å².